The summed E-state index contributed by atoms with van der Waals surface area (Å²) < 4.78 is 13.5. The highest BCUT2D eigenvalue weighted by molar-refractivity contribution is 5.92. The second-order valence-electron chi connectivity index (χ2n) is 5.98. The minimum Gasteiger partial charge on any atom is -0.361 e. The number of unbranched alkanes of at least 4 members (excludes halogenated alkanes) is 1. The van der Waals surface area contributed by atoms with Crippen LogP contribution in [0.5, 0.6) is 0 Å². The predicted octanol–water partition coefficient (Wildman–Crippen LogP) is 6.32. The summed E-state index contributed by atoms with van der Waals surface area (Å²) in [7, 11) is 0. The van der Waals surface area contributed by atoms with E-state index in [-0.39, 0.29) is 5.82 Å². The van der Waals surface area contributed by atoms with Crippen molar-refractivity contribution in [2.45, 2.75) is 52.9 Å². The molecule has 0 aliphatic heterocycles. The molecule has 1 nitrogen and oxygen atoms in total. The maximum Gasteiger partial charge on any atom is 0.123 e. The fraction of sp³-hybridized carbons (Fsp3) is 0.474. The van der Waals surface area contributed by atoms with E-state index in [9.17, 15) is 4.39 Å². The smallest absolute Gasteiger partial charge is 0.123 e. The molecule has 0 radical (unpaired) electrons. The zero-order chi connectivity index (χ0) is 15.2. The van der Waals surface area contributed by atoms with Crippen LogP contribution in [-0.2, 0) is 0 Å². The molecule has 114 valence electrons. The zero-order valence-electron chi connectivity index (χ0n) is 13.4. The van der Waals surface area contributed by atoms with E-state index >= 15 is 0 Å². The predicted molar refractivity (Wildman–Crippen MR) is 89.8 cm³/mol. The fourth-order valence-electron chi connectivity index (χ4n) is 2.94. The second kappa shape index (κ2) is 7.44. The third-order valence-electron chi connectivity index (χ3n) is 4.06. The number of rotatable bonds is 7. The lowest BCUT2D eigenvalue weighted by Crippen LogP contribution is -1.97. The zero-order valence-corrected chi connectivity index (χ0v) is 13.4. The van der Waals surface area contributed by atoms with Gasteiger partial charge in [-0.3, -0.25) is 0 Å². The molecule has 2 heteroatoms. The third kappa shape index (κ3) is 3.96. The summed E-state index contributed by atoms with van der Waals surface area (Å²) in [5.41, 5.74) is 3.52. The van der Waals surface area contributed by atoms with Crippen LogP contribution in [0.3, 0.4) is 0 Å². The van der Waals surface area contributed by atoms with E-state index in [1.54, 1.807) is 6.07 Å². The Morgan fingerprint density at radius 2 is 2.14 bits per heavy atom. The van der Waals surface area contributed by atoms with Crippen molar-refractivity contribution in [2.75, 3.05) is 0 Å². The van der Waals surface area contributed by atoms with E-state index in [1.165, 1.54) is 30.9 Å². The van der Waals surface area contributed by atoms with Crippen molar-refractivity contribution in [1.82, 2.24) is 4.98 Å². The van der Waals surface area contributed by atoms with Crippen LogP contribution in [0.1, 0.15) is 58.4 Å². The number of benzene rings is 1. The fourth-order valence-corrected chi connectivity index (χ4v) is 2.94. The molecule has 0 aliphatic carbocycles. The van der Waals surface area contributed by atoms with Gasteiger partial charge in [0.05, 0.1) is 0 Å². The first-order valence-electron chi connectivity index (χ1n) is 8.11. The normalized spacial score (nSPS) is 13.8. The molecule has 2 rings (SSSR count). The Hall–Kier alpha value is -1.57. The van der Waals surface area contributed by atoms with E-state index in [0.29, 0.717) is 5.92 Å². The van der Waals surface area contributed by atoms with E-state index in [0.717, 1.165) is 29.3 Å². The van der Waals surface area contributed by atoms with Crippen molar-refractivity contribution in [2.24, 2.45) is 5.92 Å². The van der Waals surface area contributed by atoms with Gasteiger partial charge in [0.2, 0.25) is 0 Å². The van der Waals surface area contributed by atoms with Crippen molar-refractivity contribution in [3.05, 3.63) is 41.9 Å². The molecule has 0 spiro atoms. The van der Waals surface area contributed by atoms with Crippen molar-refractivity contribution >= 4 is 16.5 Å². The standard InChI is InChI=1S/C19H26FN/c1-4-6-8-14(3)11-15(7-5-2)18-13-21-19-10-9-16(20)12-17(18)19/h7,9-10,12-14,21H,4-6,8,11H2,1-3H3/b15-7+. The molecule has 1 aromatic heterocycles. The van der Waals surface area contributed by atoms with Gasteiger partial charge in [0.15, 0.2) is 0 Å². The Bertz CT molecular complexity index is 609. The van der Waals surface area contributed by atoms with Gasteiger partial charge in [-0.1, -0.05) is 46.1 Å². The van der Waals surface area contributed by atoms with Gasteiger partial charge in [0, 0.05) is 22.7 Å². The maximum atomic E-state index is 13.5. The summed E-state index contributed by atoms with van der Waals surface area (Å²) in [6.45, 7) is 6.71. The average molecular weight is 287 g/mol. The quantitative estimate of drug-likeness (QED) is 0.613. The number of fused-ring (bicyclic) bond motifs is 1. The SMILES string of the molecule is CC/C=C(\CC(C)CCCC)c1c[nH]c2ccc(F)cc12. The van der Waals surface area contributed by atoms with Crippen LogP contribution in [0.15, 0.2) is 30.5 Å². The van der Waals surface area contributed by atoms with E-state index in [2.05, 4.69) is 31.8 Å². The number of nitrogens with one attached hydrogen (secondary N) is 1. The lowest BCUT2D eigenvalue weighted by atomic mass is 9.91. The number of halogens is 1. The van der Waals surface area contributed by atoms with Gasteiger partial charge in [-0.15, -0.1) is 0 Å². The first-order valence-corrected chi connectivity index (χ1v) is 8.11. The Labute approximate surface area is 127 Å². The van der Waals surface area contributed by atoms with E-state index < -0.39 is 0 Å². The Kier molecular flexibility index (Phi) is 5.60. The molecule has 0 bridgehead atoms. The summed E-state index contributed by atoms with van der Waals surface area (Å²) in [5, 5.41) is 0.998. The molecule has 1 atom stereocenters. The first kappa shape index (κ1) is 15.8. The number of hydrogen-bond acceptors (Lipinski definition) is 0. The summed E-state index contributed by atoms with van der Waals surface area (Å²) >= 11 is 0. The molecule has 1 heterocycles. The Morgan fingerprint density at radius 1 is 1.33 bits per heavy atom. The van der Waals surface area contributed by atoms with Crippen LogP contribution >= 0.6 is 0 Å². The lowest BCUT2D eigenvalue weighted by molar-refractivity contribution is 0.517. The van der Waals surface area contributed by atoms with Gasteiger partial charge in [-0.25, -0.2) is 4.39 Å². The molecule has 0 saturated carbocycles. The molecular weight excluding hydrogens is 261 g/mol. The number of aromatic nitrogens is 1. The van der Waals surface area contributed by atoms with Gasteiger partial charge >= 0.3 is 0 Å². The van der Waals surface area contributed by atoms with Crippen molar-refractivity contribution in [3.8, 4) is 0 Å². The summed E-state index contributed by atoms with van der Waals surface area (Å²) in [5.74, 6) is 0.500. The molecule has 0 saturated heterocycles. The monoisotopic (exact) mass is 287 g/mol. The second-order valence-corrected chi connectivity index (χ2v) is 5.98. The van der Waals surface area contributed by atoms with Crippen molar-refractivity contribution < 1.29 is 4.39 Å². The molecule has 1 unspecified atom stereocenters. The van der Waals surface area contributed by atoms with E-state index in [4.69, 9.17) is 0 Å². The van der Waals surface area contributed by atoms with Crippen LogP contribution < -0.4 is 0 Å². The highest BCUT2D eigenvalue weighted by atomic mass is 19.1. The molecule has 1 aromatic carbocycles. The minimum atomic E-state index is -0.168. The van der Waals surface area contributed by atoms with Gasteiger partial charge in [0.25, 0.3) is 0 Å². The van der Waals surface area contributed by atoms with Gasteiger partial charge in [0.1, 0.15) is 5.82 Å². The number of H-pyrrole nitrogens is 1. The van der Waals surface area contributed by atoms with Crippen molar-refractivity contribution in [1.29, 1.82) is 0 Å². The Balaban J connectivity index is 2.28. The lowest BCUT2D eigenvalue weighted by Gasteiger charge is -2.14. The average Bonchev–Trinajstić information content (AvgIpc) is 2.87. The molecule has 1 N–H and O–H groups in total. The van der Waals surface area contributed by atoms with Crippen molar-refractivity contribution in [3.63, 3.8) is 0 Å². The molecule has 0 aliphatic rings. The maximum absolute atomic E-state index is 13.5. The third-order valence-corrected chi connectivity index (χ3v) is 4.06. The Morgan fingerprint density at radius 3 is 2.86 bits per heavy atom. The van der Waals surface area contributed by atoms with Gasteiger partial charge in [-0.2, -0.15) is 0 Å². The van der Waals surface area contributed by atoms with Gasteiger partial charge < -0.3 is 4.98 Å². The number of allylic oxidation sites excluding steroid dienone is 2. The van der Waals surface area contributed by atoms with Crippen LogP contribution in [0.2, 0.25) is 0 Å². The summed E-state index contributed by atoms with van der Waals surface area (Å²) in [6.07, 6.45) is 10.2. The topological polar surface area (TPSA) is 15.8 Å². The molecular formula is C19H26FN. The van der Waals surface area contributed by atoms with Crippen LogP contribution in [0, 0.1) is 11.7 Å². The van der Waals surface area contributed by atoms with Gasteiger partial charge in [-0.05, 0) is 42.5 Å². The first-order chi connectivity index (χ1) is 10.2. The largest absolute Gasteiger partial charge is 0.361 e. The summed E-state index contributed by atoms with van der Waals surface area (Å²) in [6, 6.07) is 4.97. The van der Waals surface area contributed by atoms with Crippen LogP contribution in [0.25, 0.3) is 16.5 Å². The molecule has 2 aromatic rings. The summed E-state index contributed by atoms with van der Waals surface area (Å²) in [4.78, 5) is 3.26. The number of aromatic amines is 1. The molecule has 0 amide bonds. The highest BCUT2D eigenvalue weighted by Crippen LogP contribution is 2.31. The van der Waals surface area contributed by atoms with E-state index in [1.807, 2.05) is 12.3 Å². The number of hydrogen-bond donors (Lipinski definition) is 1. The molecule has 0 fully saturated rings. The van der Waals surface area contributed by atoms with Crippen LogP contribution in [-0.4, -0.2) is 4.98 Å². The highest BCUT2D eigenvalue weighted by Gasteiger charge is 2.12. The molecule has 21 heavy (non-hydrogen) atoms. The minimum absolute atomic E-state index is 0.168. The van der Waals surface area contributed by atoms with Crippen LogP contribution in [0.4, 0.5) is 4.39 Å².